The Balaban J connectivity index is 0.000000179. The Bertz CT molecular complexity index is 1640. The highest BCUT2D eigenvalue weighted by Gasteiger charge is 2.29. The summed E-state index contributed by atoms with van der Waals surface area (Å²) in [4.78, 5) is 47.9. The average Bonchev–Trinajstić information content (AvgIpc) is 3.52. The van der Waals surface area contributed by atoms with E-state index in [1.54, 1.807) is 30.6 Å². The van der Waals surface area contributed by atoms with Gasteiger partial charge in [-0.05, 0) is 30.4 Å². The Morgan fingerprint density at radius 3 is 2.36 bits per heavy atom. The van der Waals surface area contributed by atoms with Crippen molar-refractivity contribution in [2.45, 2.75) is 50.4 Å². The first-order chi connectivity index (χ1) is 21.7. The zero-order valence-electron chi connectivity index (χ0n) is 24.3. The number of aliphatic hydroxyl groups excluding tert-OH is 1. The molecule has 2 aliphatic rings. The molecule has 14 nitrogen and oxygen atoms in total. The van der Waals surface area contributed by atoms with Crippen molar-refractivity contribution in [3.63, 3.8) is 0 Å². The number of benzene rings is 2. The molecular formula is C30H36N7O7P. The van der Waals surface area contributed by atoms with Crippen molar-refractivity contribution in [1.82, 2.24) is 25.0 Å². The molecule has 3 atom stereocenters. The third kappa shape index (κ3) is 9.41. The highest BCUT2D eigenvalue weighted by Crippen LogP contribution is 2.36. The minimum atomic E-state index is -4.92. The predicted octanol–water partition coefficient (Wildman–Crippen LogP) is 3.05. The first-order valence-electron chi connectivity index (χ1n) is 14.5. The van der Waals surface area contributed by atoms with Crippen LogP contribution >= 0.6 is 7.82 Å². The van der Waals surface area contributed by atoms with Crippen LogP contribution in [0.15, 0.2) is 79.1 Å². The Morgan fingerprint density at radius 1 is 1.04 bits per heavy atom. The number of nitrogens with two attached hydrogens (primary N) is 1. The van der Waals surface area contributed by atoms with E-state index in [0.717, 1.165) is 47.4 Å². The van der Waals surface area contributed by atoms with Crippen LogP contribution in [0.2, 0.25) is 0 Å². The molecule has 4 aromatic rings. The van der Waals surface area contributed by atoms with Gasteiger partial charge in [-0.1, -0.05) is 72.8 Å². The van der Waals surface area contributed by atoms with Crippen LogP contribution in [0, 0.1) is 5.92 Å². The average molecular weight is 638 g/mol. The fourth-order valence-corrected chi connectivity index (χ4v) is 5.16. The van der Waals surface area contributed by atoms with Crippen molar-refractivity contribution in [3.05, 3.63) is 90.3 Å². The molecule has 0 aliphatic heterocycles. The zero-order valence-corrected chi connectivity index (χ0v) is 25.2. The largest absolute Gasteiger partial charge is 0.527 e. The van der Waals surface area contributed by atoms with Crippen LogP contribution in [0.5, 0.6) is 0 Å². The monoisotopic (exact) mass is 637 g/mol. The number of nitrogens with one attached hydrogen (secondary N) is 2. The predicted molar refractivity (Wildman–Crippen MR) is 166 cm³/mol. The van der Waals surface area contributed by atoms with Crippen LogP contribution < -0.4 is 16.5 Å². The van der Waals surface area contributed by atoms with Crippen molar-refractivity contribution in [2.24, 2.45) is 5.92 Å². The van der Waals surface area contributed by atoms with Gasteiger partial charge in [0.25, 0.3) is 0 Å². The number of hydroxylamine groups is 1. The highest BCUT2D eigenvalue weighted by atomic mass is 31.2. The molecule has 1 fully saturated rings. The minimum absolute atomic E-state index is 0.161. The molecule has 45 heavy (non-hydrogen) atoms. The topological polar surface area (TPSA) is 207 Å². The Kier molecular flexibility index (Phi) is 10.6. The lowest BCUT2D eigenvalue weighted by Gasteiger charge is -2.17. The summed E-state index contributed by atoms with van der Waals surface area (Å²) in [5.41, 5.74) is 11.5. The number of phosphoric ester groups is 1. The molecular weight excluding hydrogens is 601 g/mol. The number of rotatable bonds is 12. The van der Waals surface area contributed by atoms with Crippen LogP contribution in [0.1, 0.15) is 36.4 Å². The Morgan fingerprint density at radius 2 is 1.73 bits per heavy atom. The van der Waals surface area contributed by atoms with Crippen molar-refractivity contribution in [2.75, 3.05) is 17.7 Å². The molecule has 2 aliphatic carbocycles. The number of carbonyl (C=O) groups is 1. The van der Waals surface area contributed by atoms with Crippen molar-refractivity contribution < 1.29 is 33.6 Å². The number of nitrogens with zero attached hydrogens (tertiary/aromatic N) is 4. The summed E-state index contributed by atoms with van der Waals surface area (Å²) in [5.74, 6) is 0.100. The molecule has 6 rings (SSSR count). The van der Waals surface area contributed by atoms with E-state index in [4.69, 9.17) is 20.4 Å². The van der Waals surface area contributed by atoms with E-state index in [1.807, 2.05) is 47.0 Å². The summed E-state index contributed by atoms with van der Waals surface area (Å²) in [7, 11) is -4.92. The number of hydrogen-bond acceptors (Lipinski definition) is 11. The lowest BCUT2D eigenvalue weighted by atomic mass is 10.1. The van der Waals surface area contributed by atoms with Crippen LogP contribution in [0.25, 0.3) is 11.2 Å². The summed E-state index contributed by atoms with van der Waals surface area (Å²) in [6.07, 6.45) is 9.27. The number of aliphatic hydroxyl groups is 1. The second-order valence-electron chi connectivity index (χ2n) is 10.8. The van der Waals surface area contributed by atoms with Gasteiger partial charge in [0, 0.05) is 25.0 Å². The number of hydrogen-bond donors (Lipinski definition) is 6. The fourth-order valence-electron chi connectivity index (χ4n) is 4.80. The van der Waals surface area contributed by atoms with Gasteiger partial charge in [0.05, 0.1) is 19.0 Å². The maximum Gasteiger partial charge on any atom is 0.527 e. The van der Waals surface area contributed by atoms with Crippen molar-refractivity contribution in [3.8, 4) is 0 Å². The molecule has 0 bridgehead atoms. The van der Waals surface area contributed by atoms with Gasteiger partial charge in [-0.3, -0.25) is 14.6 Å². The van der Waals surface area contributed by atoms with Gasteiger partial charge in [-0.2, -0.15) is 15.4 Å². The molecule has 0 radical (unpaired) electrons. The minimum Gasteiger partial charge on any atom is -0.396 e. The summed E-state index contributed by atoms with van der Waals surface area (Å²) in [6.45, 7) is 0.362. The summed E-state index contributed by atoms with van der Waals surface area (Å²) >= 11 is 0. The normalized spacial score (nSPS) is 18.3. The van der Waals surface area contributed by atoms with Crippen molar-refractivity contribution in [1.29, 1.82) is 0 Å². The van der Waals surface area contributed by atoms with E-state index in [0.29, 0.717) is 6.04 Å². The Labute approximate surface area is 259 Å². The number of carbonyl (C=O) groups excluding carboxylic acids is 1. The molecule has 0 amide bonds. The molecule has 15 heteroatoms. The van der Waals surface area contributed by atoms with Crippen LogP contribution in [0.4, 0.5) is 11.8 Å². The van der Waals surface area contributed by atoms with Gasteiger partial charge in [0.1, 0.15) is 6.04 Å². The molecule has 0 saturated heterocycles. The van der Waals surface area contributed by atoms with Gasteiger partial charge in [-0.25, -0.2) is 14.3 Å². The van der Waals surface area contributed by atoms with Crippen LogP contribution in [0.3, 0.4) is 0 Å². The van der Waals surface area contributed by atoms with Gasteiger partial charge < -0.3 is 25.2 Å². The second-order valence-corrected chi connectivity index (χ2v) is 12.0. The molecule has 0 unspecified atom stereocenters. The maximum absolute atomic E-state index is 11.9. The second kappa shape index (κ2) is 14.7. The lowest BCUT2D eigenvalue weighted by molar-refractivity contribution is -0.143. The third-order valence-corrected chi connectivity index (χ3v) is 7.60. The molecule has 0 spiro atoms. The van der Waals surface area contributed by atoms with Gasteiger partial charge in [-0.15, -0.1) is 0 Å². The first kappa shape index (κ1) is 32.2. The molecule has 7 N–H and O–H groups in total. The highest BCUT2D eigenvalue weighted by molar-refractivity contribution is 7.46. The van der Waals surface area contributed by atoms with Crippen LogP contribution in [-0.2, 0) is 31.7 Å². The quantitative estimate of drug-likeness (QED) is 0.0751. The number of allylic oxidation sites excluding steroid dienone is 1. The molecule has 2 aromatic heterocycles. The van der Waals surface area contributed by atoms with E-state index in [-0.39, 0.29) is 37.5 Å². The molecule has 1 saturated carbocycles. The van der Waals surface area contributed by atoms with E-state index in [2.05, 4.69) is 36.3 Å². The summed E-state index contributed by atoms with van der Waals surface area (Å²) < 4.78 is 17.0. The third-order valence-electron chi connectivity index (χ3n) is 7.18. The van der Waals surface area contributed by atoms with Crippen molar-refractivity contribution >= 4 is 36.7 Å². The molecule has 2 aromatic carbocycles. The van der Waals surface area contributed by atoms with E-state index >= 15 is 0 Å². The lowest BCUT2D eigenvalue weighted by Crippen LogP contribution is -2.39. The van der Waals surface area contributed by atoms with E-state index in [9.17, 15) is 14.5 Å². The fraction of sp³-hybridized carbons (Fsp3) is 0.333. The van der Waals surface area contributed by atoms with Gasteiger partial charge in [0.15, 0.2) is 17.0 Å². The number of aromatic nitrogens is 4. The number of phosphoric acid groups is 1. The summed E-state index contributed by atoms with van der Waals surface area (Å²) in [5, 5.41) is 12.6. The standard InChI is InChI=1S/C16H18NO6P.C14H18N6O/c18-16(23-24(19,20)21)15(11-13-7-3-1-4-8-13)17-22-12-14-9-5-2-6-10-14;15-14-18-12(17-9-2-3-9)11-13(19-14)20(7-16-11)10-4-1-8(5-10)6-21/h1-10,15,17H,11-12H2,(H2,19,20,21);1,4,7-10,21H,2-3,5-6H2,(H3,15,17,18,19)/t15-;8-,10+/m01/s1. The number of imidazole rings is 1. The maximum atomic E-state index is 11.9. The van der Waals surface area contributed by atoms with Crippen LogP contribution in [-0.4, -0.2) is 59.1 Å². The molecule has 238 valence electrons. The smallest absolute Gasteiger partial charge is 0.396 e. The van der Waals surface area contributed by atoms with E-state index < -0.39 is 19.8 Å². The zero-order chi connectivity index (χ0) is 31.8. The number of fused-ring (bicyclic) bond motifs is 1. The number of nitrogen functional groups attached to an aromatic ring is 1. The molecule has 2 heterocycles. The SMILES string of the molecule is Nc1nc(NC2CC2)c2ncn([C@H]3C=C[C@@H](CO)C3)c2n1.O=C(OP(=O)(O)O)[C@H](Cc1ccccc1)NOCc1ccccc1. The Hall–Kier alpha value is -4.17. The van der Waals surface area contributed by atoms with Gasteiger partial charge >= 0.3 is 13.8 Å². The van der Waals surface area contributed by atoms with Gasteiger partial charge in [0.2, 0.25) is 5.95 Å². The number of anilines is 2. The first-order valence-corrected chi connectivity index (χ1v) is 16.0. The summed E-state index contributed by atoms with van der Waals surface area (Å²) in [6, 6.07) is 17.9. The van der Waals surface area contributed by atoms with E-state index in [1.165, 1.54) is 0 Å².